The molecule has 3 aliphatic rings. The Morgan fingerprint density at radius 3 is 2.58 bits per heavy atom. The fourth-order valence-electron chi connectivity index (χ4n) is 5.31. The molecule has 0 saturated carbocycles. The zero-order valence-corrected chi connectivity index (χ0v) is 19.8. The molecule has 0 aromatic heterocycles. The van der Waals surface area contributed by atoms with Crippen LogP contribution in [0.1, 0.15) is 44.6 Å². The van der Waals surface area contributed by atoms with Crippen molar-refractivity contribution in [1.29, 1.82) is 0 Å². The number of ether oxygens (including phenoxy) is 1. The van der Waals surface area contributed by atoms with Gasteiger partial charge in [0.1, 0.15) is 12.4 Å². The van der Waals surface area contributed by atoms with E-state index in [1.807, 2.05) is 17.0 Å². The summed E-state index contributed by atoms with van der Waals surface area (Å²) < 4.78 is 5.81. The van der Waals surface area contributed by atoms with Crippen molar-refractivity contribution < 1.29 is 19.4 Å². The van der Waals surface area contributed by atoms with E-state index in [4.69, 9.17) is 4.74 Å². The number of likely N-dealkylation sites (tertiary alicyclic amines) is 3. The lowest BCUT2D eigenvalue weighted by molar-refractivity contribution is -0.128. The lowest BCUT2D eigenvalue weighted by Crippen LogP contribution is -2.50. The van der Waals surface area contributed by atoms with Crippen LogP contribution in [0.5, 0.6) is 5.75 Å². The van der Waals surface area contributed by atoms with Gasteiger partial charge in [-0.2, -0.15) is 0 Å². The van der Waals surface area contributed by atoms with Crippen LogP contribution in [0.4, 0.5) is 0 Å². The van der Waals surface area contributed by atoms with E-state index in [0.717, 1.165) is 64.2 Å². The van der Waals surface area contributed by atoms with Gasteiger partial charge >= 0.3 is 0 Å². The van der Waals surface area contributed by atoms with E-state index in [1.165, 1.54) is 5.56 Å². The minimum atomic E-state index is -0.670. The summed E-state index contributed by atoms with van der Waals surface area (Å²) in [4.78, 5) is 29.4. The second-order valence-corrected chi connectivity index (χ2v) is 9.91. The summed E-state index contributed by atoms with van der Waals surface area (Å²) >= 11 is 0. The highest BCUT2D eigenvalue weighted by molar-refractivity contribution is 5.78. The number of amides is 2. The van der Waals surface area contributed by atoms with Crippen LogP contribution >= 0.6 is 0 Å². The predicted molar refractivity (Wildman–Crippen MR) is 126 cm³/mol. The van der Waals surface area contributed by atoms with Gasteiger partial charge in [-0.3, -0.25) is 14.5 Å². The molecule has 0 unspecified atom stereocenters. The van der Waals surface area contributed by atoms with Crippen molar-refractivity contribution in [3.63, 3.8) is 0 Å². The molecule has 33 heavy (non-hydrogen) atoms. The molecule has 1 atom stereocenters. The van der Waals surface area contributed by atoms with Crippen molar-refractivity contribution in [2.75, 3.05) is 52.4 Å². The number of carbonyl (C=O) groups excluding carboxylic acids is 2. The zero-order valence-electron chi connectivity index (χ0n) is 19.8. The molecule has 182 valence electrons. The summed E-state index contributed by atoms with van der Waals surface area (Å²) in [6.07, 6.45) is 4.30. The molecular formula is C25H38N4O4. The van der Waals surface area contributed by atoms with Crippen LogP contribution in [0.2, 0.25) is 0 Å². The quantitative estimate of drug-likeness (QED) is 0.579. The first-order valence-electron chi connectivity index (χ1n) is 12.3. The summed E-state index contributed by atoms with van der Waals surface area (Å²) in [5, 5.41) is 14.2. The molecule has 8 nitrogen and oxygen atoms in total. The first-order valence-corrected chi connectivity index (χ1v) is 12.3. The number of piperidine rings is 1. The van der Waals surface area contributed by atoms with Gasteiger partial charge in [0.05, 0.1) is 12.1 Å². The number of hydrogen-bond donors (Lipinski definition) is 2. The lowest BCUT2D eigenvalue weighted by Gasteiger charge is -2.36. The van der Waals surface area contributed by atoms with Crippen LogP contribution in [0.15, 0.2) is 24.3 Å². The summed E-state index contributed by atoms with van der Waals surface area (Å²) in [6.45, 7) is 8.51. The molecule has 2 N–H and O–H groups in total. The largest absolute Gasteiger partial charge is 0.492 e. The normalized spacial score (nSPS) is 25.0. The minimum Gasteiger partial charge on any atom is -0.492 e. The number of aliphatic hydroxyl groups is 1. The van der Waals surface area contributed by atoms with Gasteiger partial charge < -0.3 is 25.0 Å². The zero-order chi connectivity index (χ0) is 23.3. The van der Waals surface area contributed by atoms with Gasteiger partial charge in [0.2, 0.25) is 11.8 Å². The Balaban J connectivity index is 1.17. The van der Waals surface area contributed by atoms with Gasteiger partial charge in [-0.05, 0) is 43.4 Å². The van der Waals surface area contributed by atoms with Gasteiger partial charge in [0.15, 0.2) is 0 Å². The Bertz CT molecular complexity index is 809. The minimum absolute atomic E-state index is 0.0386. The Hall–Kier alpha value is -2.16. The van der Waals surface area contributed by atoms with E-state index < -0.39 is 5.60 Å². The Kier molecular flexibility index (Phi) is 7.88. The van der Waals surface area contributed by atoms with Crippen LogP contribution in [0.25, 0.3) is 0 Å². The van der Waals surface area contributed by atoms with Gasteiger partial charge in [-0.15, -0.1) is 0 Å². The van der Waals surface area contributed by atoms with Crippen molar-refractivity contribution in [3.8, 4) is 5.75 Å². The molecule has 3 fully saturated rings. The number of nitrogens with zero attached hydrogens (tertiary/aromatic N) is 3. The van der Waals surface area contributed by atoms with Crippen LogP contribution in [-0.4, -0.2) is 95.7 Å². The highest BCUT2D eigenvalue weighted by atomic mass is 16.5. The first-order chi connectivity index (χ1) is 15.9. The number of carbonyl (C=O) groups is 2. The molecule has 0 spiro atoms. The average Bonchev–Trinajstić information content (AvgIpc) is 3.35. The summed E-state index contributed by atoms with van der Waals surface area (Å²) in [5.41, 5.74) is 0.536. The van der Waals surface area contributed by atoms with E-state index >= 15 is 0 Å². The van der Waals surface area contributed by atoms with E-state index in [2.05, 4.69) is 27.2 Å². The molecule has 1 aromatic carbocycles. The highest BCUT2D eigenvalue weighted by Gasteiger charge is 2.38. The topological polar surface area (TPSA) is 85.3 Å². The van der Waals surface area contributed by atoms with Gasteiger partial charge in [-0.25, -0.2) is 0 Å². The van der Waals surface area contributed by atoms with Crippen LogP contribution < -0.4 is 10.1 Å². The number of hydrogen-bond acceptors (Lipinski definition) is 6. The second kappa shape index (κ2) is 10.8. The van der Waals surface area contributed by atoms with Crippen LogP contribution in [-0.2, 0) is 16.1 Å². The van der Waals surface area contributed by atoms with E-state index in [1.54, 1.807) is 6.92 Å². The maximum Gasteiger partial charge on any atom is 0.222 e. The van der Waals surface area contributed by atoms with Crippen molar-refractivity contribution in [1.82, 2.24) is 20.0 Å². The van der Waals surface area contributed by atoms with E-state index in [-0.39, 0.29) is 17.9 Å². The summed E-state index contributed by atoms with van der Waals surface area (Å²) in [7, 11) is 0. The predicted octanol–water partition coefficient (Wildman–Crippen LogP) is 1.23. The molecule has 4 rings (SSSR count). The molecule has 3 heterocycles. The molecule has 3 aliphatic heterocycles. The third kappa shape index (κ3) is 6.91. The maximum absolute atomic E-state index is 11.7. The molecular weight excluding hydrogens is 420 g/mol. The maximum atomic E-state index is 11.7. The molecule has 3 saturated heterocycles. The van der Waals surface area contributed by atoms with Crippen LogP contribution in [0, 0.1) is 0 Å². The molecule has 2 amide bonds. The standard InChI is InChI=1S/C25H38N4O4/c1-20(30)26-22-8-12-27(13-9-22)18-25(32)10-14-28(19-25)17-21-4-6-23(7-5-21)33-16-15-29-11-2-3-24(29)31/h4-7,22,32H,2-3,8-19H2,1H3,(H,26,30)/t25-/m1/s1. The molecule has 0 bridgehead atoms. The van der Waals surface area contributed by atoms with E-state index in [0.29, 0.717) is 32.7 Å². The second-order valence-electron chi connectivity index (χ2n) is 9.91. The number of nitrogens with one attached hydrogen (secondary N) is 1. The van der Waals surface area contributed by atoms with Crippen molar-refractivity contribution in [2.45, 2.75) is 57.2 Å². The van der Waals surface area contributed by atoms with Crippen molar-refractivity contribution in [2.24, 2.45) is 0 Å². The SMILES string of the molecule is CC(=O)NC1CCN(C[C@]2(O)CCN(Cc3ccc(OCCN4CCCC4=O)cc3)C2)CC1. The monoisotopic (exact) mass is 458 g/mol. The lowest BCUT2D eigenvalue weighted by atomic mass is 9.99. The van der Waals surface area contributed by atoms with Crippen molar-refractivity contribution >= 4 is 11.8 Å². The summed E-state index contributed by atoms with van der Waals surface area (Å²) in [6, 6.07) is 8.41. The highest BCUT2D eigenvalue weighted by Crippen LogP contribution is 2.26. The average molecular weight is 459 g/mol. The smallest absolute Gasteiger partial charge is 0.222 e. The Labute approximate surface area is 196 Å². The number of β-amino-alcohol motifs (C(OH)–C–C–N with tert-alkyl or cyclic N) is 1. The summed E-state index contributed by atoms with van der Waals surface area (Å²) in [5.74, 6) is 1.09. The molecule has 0 aliphatic carbocycles. The third-order valence-corrected chi connectivity index (χ3v) is 7.06. The van der Waals surface area contributed by atoms with Gasteiger partial charge in [0.25, 0.3) is 0 Å². The van der Waals surface area contributed by atoms with Crippen LogP contribution in [0.3, 0.4) is 0 Å². The number of rotatable bonds is 9. The fourth-order valence-corrected chi connectivity index (χ4v) is 5.31. The first kappa shape index (κ1) is 24.0. The Morgan fingerprint density at radius 2 is 1.91 bits per heavy atom. The van der Waals surface area contributed by atoms with Crippen molar-refractivity contribution in [3.05, 3.63) is 29.8 Å². The molecule has 0 radical (unpaired) electrons. The van der Waals surface area contributed by atoms with E-state index in [9.17, 15) is 14.7 Å². The third-order valence-electron chi connectivity index (χ3n) is 7.06. The van der Waals surface area contributed by atoms with Gasteiger partial charge in [-0.1, -0.05) is 12.1 Å². The molecule has 8 heteroatoms. The molecule has 1 aromatic rings. The van der Waals surface area contributed by atoms with Gasteiger partial charge in [0, 0.05) is 65.2 Å². The fraction of sp³-hybridized carbons (Fsp3) is 0.680. The Morgan fingerprint density at radius 1 is 1.15 bits per heavy atom. The number of benzene rings is 1.